The number of imidazole rings is 1. The summed E-state index contributed by atoms with van der Waals surface area (Å²) >= 11 is 0. The van der Waals surface area contributed by atoms with Crippen molar-refractivity contribution in [1.82, 2.24) is 19.1 Å². The number of aromatic amines is 1. The molecule has 1 N–H and O–H groups in total. The van der Waals surface area contributed by atoms with Gasteiger partial charge in [0.2, 0.25) is 0 Å². The highest BCUT2D eigenvalue weighted by atomic mass is 19.1. The Morgan fingerprint density at radius 3 is 2.35 bits per heavy atom. The summed E-state index contributed by atoms with van der Waals surface area (Å²) in [6.07, 6.45) is 2.92. The molecule has 0 aliphatic rings. The van der Waals surface area contributed by atoms with Gasteiger partial charge in [0.05, 0.1) is 0 Å². The Kier molecular flexibility index (Phi) is 3.44. The number of nitrogens with zero attached hydrogens (tertiary/aromatic N) is 3. The van der Waals surface area contributed by atoms with Crippen molar-refractivity contribution in [3.05, 3.63) is 62.1 Å². The fourth-order valence-corrected chi connectivity index (χ4v) is 2.27. The third-order valence-electron chi connectivity index (χ3n) is 3.43. The van der Waals surface area contributed by atoms with Gasteiger partial charge in [-0.05, 0) is 23.8 Å². The Morgan fingerprint density at radius 1 is 1.04 bits per heavy atom. The second-order valence-corrected chi connectivity index (χ2v) is 5.06. The van der Waals surface area contributed by atoms with Crippen LogP contribution < -0.4 is 11.2 Å². The monoisotopic (exact) mass is 318 g/mol. The van der Waals surface area contributed by atoms with Crippen LogP contribution >= 0.6 is 0 Å². The van der Waals surface area contributed by atoms with Crippen LogP contribution in [0, 0.1) is 11.6 Å². The van der Waals surface area contributed by atoms with Crippen molar-refractivity contribution in [1.29, 1.82) is 0 Å². The first-order valence-corrected chi connectivity index (χ1v) is 6.67. The highest BCUT2D eigenvalue weighted by Gasteiger charge is 2.12. The number of H-pyrrole nitrogens is 1. The molecule has 0 saturated heterocycles. The minimum absolute atomic E-state index is 0.180. The van der Waals surface area contributed by atoms with Gasteiger partial charge in [-0.3, -0.25) is 13.9 Å². The fraction of sp³-hybridized carbons (Fsp3) is 0.133. The van der Waals surface area contributed by atoms with E-state index in [4.69, 9.17) is 0 Å². The van der Waals surface area contributed by atoms with Crippen molar-refractivity contribution in [2.75, 3.05) is 0 Å². The van der Waals surface area contributed by atoms with Gasteiger partial charge < -0.3 is 4.98 Å². The largest absolute Gasteiger partial charge is 0.333 e. The number of hydrogen-bond acceptors (Lipinski definition) is 3. The van der Waals surface area contributed by atoms with Crippen molar-refractivity contribution < 1.29 is 8.78 Å². The quantitative estimate of drug-likeness (QED) is 0.776. The van der Waals surface area contributed by atoms with Crippen LogP contribution in [0.5, 0.6) is 0 Å². The first-order valence-electron chi connectivity index (χ1n) is 6.67. The zero-order chi connectivity index (χ0) is 16.7. The highest BCUT2D eigenvalue weighted by Crippen LogP contribution is 2.12. The number of rotatable bonds is 2. The van der Waals surface area contributed by atoms with Gasteiger partial charge in [0.15, 0.2) is 5.65 Å². The number of fused-ring (bicyclic) bond motifs is 1. The summed E-state index contributed by atoms with van der Waals surface area (Å²) in [6, 6.07) is 3.10. The molecular formula is C15H12F2N4O2. The van der Waals surface area contributed by atoms with E-state index in [1.807, 2.05) is 0 Å². The molecule has 8 heteroatoms. The minimum atomic E-state index is -0.689. The predicted octanol–water partition coefficient (Wildman–Crippen LogP) is 1.41. The van der Waals surface area contributed by atoms with Crippen LogP contribution in [0.1, 0.15) is 11.4 Å². The standard InChI is InChI=1S/C15H12F2N4O2/c1-20-13-12(14(22)21(2)15(20)23)18-11(19-13)4-3-8-5-9(16)7-10(17)6-8/h3-7H,1-2H3,(H,18,19)/b4-3+. The molecule has 0 amide bonds. The molecule has 0 saturated carbocycles. The summed E-state index contributed by atoms with van der Waals surface area (Å²) in [7, 11) is 2.87. The number of nitrogens with one attached hydrogen (secondary N) is 1. The Hall–Kier alpha value is -3.03. The number of halogens is 2. The molecule has 3 rings (SSSR count). The van der Waals surface area contributed by atoms with Crippen LogP contribution in [0.15, 0.2) is 27.8 Å². The minimum Gasteiger partial charge on any atom is -0.333 e. The van der Waals surface area contributed by atoms with E-state index in [0.29, 0.717) is 11.4 Å². The van der Waals surface area contributed by atoms with E-state index in [0.717, 1.165) is 22.8 Å². The summed E-state index contributed by atoms with van der Waals surface area (Å²) in [6.45, 7) is 0. The van der Waals surface area contributed by atoms with Crippen molar-refractivity contribution in [3.63, 3.8) is 0 Å². The average molecular weight is 318 g/mol. The number of benzene rings is 1. The molecule has 6 nitrogen and oxygen atoms in total. The van der Waals surface area contributed by atoms with Crippen LogP contribution in [-0.4, -0.2) is 19.1 Å². The van der Waals surface area contributed by atoms with Crippen molar-refractivity contribution in [3.8, 4) is 0 Å². The van der Waals surface area contributed by atoms with Gasteiger partial charge in [0, 0.05) is 20.2 Å². The van der Waals surface area contributed by atoms with Crippen LogP contribution in [0.2, 0.25) is 0 Å². The van der Waals surface area contributed by atoms with E-state index >= 15 is 0 Å². The lowest BCUT2D eigenvalue weighted by Gasteiger charge is -2.00. The van der Waals surface area contributed by atoms with Gasteiger partial charge in [0.1, 0.15) is 23.0 Å². The maximum Gasteiger partial charge on any atom is 0.332 e. The van der Waals surface area contributed by atoms with Gasteiger partial charge in [-0.1, -0.05) is 6.08 Å². The first kappa shape index (κ1) is 14.9. The molecule has 0 spiro atoms. The molecule has 0 bridgehead atoms. The molecule has 0 unspecified atom stereocenters. The molecule has 0 aliphatic carbocycles. The van der Waals surface area contributed by atoms with Gasteiger partial charge >= 0.3 is 5.69 Å². The Labute approximate surface area is 128 Å². The molecule has 1 aromatic carbocycles. The van der Waals surface area contributed by atoms with E-state index < -0.39 is 22.9 Å². The maximum absolute atomic E-state index is 13.1. The maximum atomic E-state index is 13.1. The summed E-state index contributed by atoms with van der Waals surface area (Å²) in [5, 5.41) is 0. The third-order valence-corrected chi connectivity index (χ3v) is 3.43. The molecule has 2 heterocycles. The van der Waals surface area contributed by atoms with E-state index in [1.54, 1.807) is 0 Å². The molecule has 118 valence electrons. The third kappa shape index (κ3) is 2.59. The van der Waals surface area contributed by atoms with Gasteiger partial charge in [-0.25, -0.2) is 18.6 Å². The van der Waals surface area contributed by atoms with Crippen LogP contribution in [0.25, 0.3) is 23.3 Å². The topological polar surface area (TPSA) is 72.7 Å². The van der Waals surface area contributed by atoms with Crippen LogP contribution in [0.3, 0.4) is 0 Å². The van der Waals surface area contributed by atoms with Crippen molar-refractivity contribution >= 4 is 23.3 Å². The van der Waals surface area contributed by atoms with Gasteiger partial charge in [-0.2, -0.15) is 0 Å². The van der Waals surface area contributed by atoms with Crippen LogP contribution in [0.4, 0.5) is 8.78 Å². The lowest BCUT2D eigenvalue weighted by molar-refractivity contribution is 0.583. The smallest absolute Gasteiger partial charge is 0.332 e. The van der Waals surface area contributed by atoms with E-state index in [2.05, 4.69) is 9.97 Å². The van der Waals surface area contributed by atoms with E-state index in [9.17, 15) is 18.4 Å². The summed E-state index contributed by atoms with van der Waals surface area (Å²) in [5.41, 5.74) is -0.281. The normalized spacial score (nSPS) is 11.7. The number of aryl methyl sites for hydroxylation is 1. The summed E-state index contributed by atoms with van der Waals surface area (Å²) < 4.78 is 28.5. The molecule has 0 aliphatic heterocycles. The Bertz CT molecular complexity index is 1040. The van der Waals surface area contributed by atoms with Crippen molar-refractivity contribution in [2.45, 2.75) is 0 Å². The summed E-state index contributed by atoms with van der Waals surface area (Å²) in [4.78, 5) is 30.8. The molecular weight excluding hydrogens is 306 g/mol. The number of aromatic nitrogens is 4. The Morgan fingerprint density at radius 2 is 1.70 bits per heavy atom. The fourth-order valence-electron chi connectivity index (χ4n) is 2.27. The van der Waals surface area contributed by atoms with Crippen LogP contribution in [-0.2, 0) is 14.1 Å². The predicted molar refractivity (Wildman–Crippen MR) is 81.9 cm³/mol. The molecule has 0 fully saturated rings. The lowest BCUT2D eigenvalue weighted by Crippen LogP contribution is -2.36. The molecule has 3 aromatic rings. The second-order valence-electron chi connectivity index (χ2n) is 5.06. The second kappa shape index (κ2) is 5.31. The Balaban J connectivity index is 2.10. The molecule has 0 radical (unpaired) electrons. The zero-order valence-electron chi connectivity index (χ0n) is 12.3. The zero-order valence-corrected chi connectivity index (χ0v) is 12.3. The van der Waals surface area contributed by atoms with E-state index in [-0.39, 0.29) is 11.2 Å². The molecule has 2 aromatic heterocycles. The SMILES string of the molecule is Cn1c(=O)c2[nH]c(/C=C/c3cc(F)cc(F)c3)nc2n(C)c1=O. The van der Waals surface area contributed by atoms with Crippen molar-refractivity contribution in [2.24, 2.45) is 14.1 Å². The number of hydrogen-bond donors (Lipinski definition) is 1. The van der Waals surface area contributed by atoms with Gasteiger partial charge in [0.25, 0.3) is 5.56 Å². The highest BCUT2D eigenvalue weighted by molar-refractivity contribution is 5.75. The molecule has 23 heavy (non-hydrogen) atoms. The lowest BCUT2D eigenvalue weighted by atomic mass is 10.2. The first-order chi connectivity index (χ1) is 10.9. The van der Waals surface area contributed by atoms with E-state index in [1.165, 1.54) is 30.8 Å². The summed E-state index contributed by atoms with van der Waals surface area (Å²) in [5.74, 6) is -1.08. The van der Waals surface area contributed by atoms with Gasteiger partial charge in [-0.15, -0.1) is 0 Å². The average Bonchev–Trinajstić information content (AvgIpc) is 2.92. The molecule has 0 atom stereocenters.